The Morgan fingerprint density at radius 3 is 2.89 bits per heavy atom. The van der Waals surface area contributed by atoms with E-state index in [2.05, 4.69) is 44.3 Å². The smallest absolute Gasteiger partial charge is 0.0557 e. The van der Waals surface area contributed by atoms with Gasteiger partial charge in [-0.25, -0.2) is 0 Å². The number of anilines is 1. The first-order valence-corrected chi connectivity index (χ1v) is 7.27. The molecule has 2 rings (SSSR count). The summed E-state index contributed by atoms with van der Waals surface area (Å²) < 4.78 is 1.14. The first-order chi connectivity index (χ1) is 8.61. The molecule has 0 saturated carbocycles. The highest BCUT2D eigenvalue weighted by atomic mass is 79.9. The normalized spacial score (nSPS) is 21.3. The van der Waals surface area contributed by atoms with Gasteiger partial charge in [0.15, 0.2) is 0 Å². The minimum absolute atomic E-state index is 0.211. The van der Waals surface area contributed by atoms with Crippen molar-refractivity contribution in [2.24, 2.45) is 5.92 Å². The van der Waals surface area contributed by atoms with E-state index in [4.69, 9.17) is 0 Å². The summed E-state index contributed by atoms with van der Waals surface area (Å²) in [5.74, 6) is 0.397. The van der Waals surface area contributed by atoms with Crippen LogP contribution in [-0.2, 0) is 6.54 Å². The lowest BCUT2D eigenvalue weighted by molar-refractivity contribution is 0.136. The monoisotopic (exact) mass is 312 g/mol. The van der Waals surface area contributed by atoms with Crippen LogP contribution in [0.2, 0.25) is 0 Å². The average molecular weight is 313 g/mol. The summed E-state index contributed by atoms with van der Waals surface area (Å²) in [6.45, 7) is 4.75. The fourth-order valence-electron chi connectivity index (χ4n) is 2.52. The van der Waals surface area contributed by atoms with Crippen LogP contribution in [0.1, 0.15) is 18.9 Å². The van der Waals surface area contributed by atoms with Gasteiger partial charge in [-0.3, -0.25) is 0 Å². The van der Waals surface area contributed by atoms with E-state index < -0.39 is 0 Å². The van der Waals surface area contributed by atoms with E-state index >= 15 is 0 Å². The third kappa shape index (κ3) is 3.05. The van der Waals surface area contributed by atoms with Crippen molar-refractivity contribution >= 4 is 21.6 Å². The van der Waals surface area contributed by atoms with Crippen LogP contribution in [0, 0.1) is 5.92 Å². The molecule has 0 aromatic heterocycles. The maximum absolute atomic E-state index is 9.65. The Morgan fingerprint density at radius 1 is 1.56 bits per heavy atom. The highest BCUT2D eigenvalue weighted by Crippen LogP contribution is 2.32. The standard InChI is InChI=1S/C14H21BrN2O/c1-10(18)12-5-6-17(9-12)14-4-3-11(8-16-2)7-13(14)15/h3-4,7,10,12,16,18H,5-6,8-9H2,1-2H3. The molecule has 0 spiro atoms. The molecule has 2 N–H and O–H groups in total. The molecular formula is C14H21BrN2O. The topological polar surface area (TPSA) is 35.5 Å². The molecule has 1 fully saturated rings. The fraction of sp³-hybridized carbons (Fsp3) is 0.571. The van der Waals surface area contributed by atoms with Crippen LogP contribution >= 0.6 is 15.9 Å². The summed E-state index contributed by atoms with van der Waals surface area (Å²) in [6, 6.07) is 6.50. The minimum Gasteiger partial charge on any atom is -0.393 e. The molecule has 4 heteroatoms. The van der Waals surface area contributed by atoms with Crippen LogP contribution in [0.15, 0.2) is 22.7 Å². The molecule has 18 heavy (non-hydrogen) atoms. The maximum Gasteiger partial charge on any atom is 0.0557 e. The van der Waals surface area contributed by atoms with Gasteiger partial charge in [-0.2, -0.15) is 0 Å². The Morgan fingerprint density at radius 2 is 2.33 bits per heavy atom. The number of nitrogens with one attached hydrogen (secondary N) is 1. The summed E-state index contributed by atoms with van der Waals surface area (Å²) in [7, 11) is 1.95. The number of rotatable bonds is 4. The van der Waals surface area contributed by atoms with Gasteiger partial charge in [-0.15, -0.1) is 0 Å². The Balaban J connectivity index is 2.10. The van der Waals surface area contributed by atoms with Gasteiger partial charge in [0.1, 0.15) is 0 Å². The van der Waals surface area contributed by atoms with Crippen LogP contribution in [0.25, 0.3) is 0 Å². The molecule has 1 saturated heterocycles. The van der Waals surface area contributed by atoms with Crippen molar-refractivity contribution in [3.05, 3.63) is 28.2 Å². The number of aliphatic hydroxyl groups is 1. The summed E-state index contributed by atoms with van der Waals surface area (Å²) in [5, 5.41) is 12.8. The lowest BCUT2D eigenvalue weighted by Crippen LogP contribution is -2.24. The van der Waals surface area contributed by atoms with Gasteiger partial charge in [-0.05, 0) is 54.0 Å². The molecule has 2 atom stereocenters. The molecule has 0 radical (unpaired) electrons. The lowest BCUT2D eigenvalue weighted by atomic mass is 10.0. The van der Waals surface area contributed by atoms with Gasteiger partial charge in [0.05, 0.1) is 11.8 Å². The lowest BCUT2D eigenvalue weighted by Gasteiger charge is -2.21. The average Bonchev–Trinajstić information content (AvgIpc) is 2.79. The molecule has 3 nitrogen and oxygen atoms in total. The van der Waals surface area contributed by atoms with Crippen molar-refractivity contribution < 1.29 is 5.11 Å². The quantitative estimate of drug-likeness (QED) is 0.896. The van der Waals surface area contributed by atoms with Crippen LogP contribution in [0.5, 0.6) is 0 Å². The number of hydrogen-bond acceptors (Lipinski definition) is 3. The molecular weight excluding hydrogens is 292 g/mol. The Kier molecular flexibility index (Phi) is 4.65. The fourth-order valence-corrected chi connectivity index (χ4v) is 3.20. The van der Waals surface area contributed by atoms with Crippen molar-refractivity contribution in [3.8, 4) is 0 Å². The number of nitrogens with zero attached hydrogens (tertiary/aromatic N) is 1. The highest BCUT2D eigenvalue weighted by molar-refractivity contribution is 9.10. The van der Waals surface area contributed by atoms with E-state index in [-0.39, 0.29) is 6.10 Å². The second kappa shape index (κ2) is 6.04. The van der Waals surface area contributed by atoms with E-state index in [0.29, 0.717) is 5.92 Å². The second-order valence-electron chi connectivity index (χ2n) is 5.05. The predicted octanol–water partition coefficient (Wildman–Crippen LogP) is 2.38. The van der Waals surface area contributed by atoms with Gasteiger partial charge < -0.3 is 15.3 Å². The number of halogens is 1. The SMILES string of the molecule is CNCc1ccc(N2CCC(C(C)O)C2)c(Br)c1. The van der Waals surface area contributed by atoms with Crippen molar-refractivity contribution in [2.75, 3.05) is 25.0 Å². The van der Waals surface area contributed by atoms with Crippen LogP contribution in [0.4, 0.5) is 5.69 Å². The molecule has 100 valence electrons. The minimum atomic E-state index is -0.211. The summed E-state index contributed by atoms with van der Waals surface area (Å²) in [4.78, 5) is 2.35. The first-order valence-electron chi connectivity index (χ1n) is 6.48. The van der Waals surface area contributed by atoms with Crippen LogP contribution < -0.4 is 10.2 Å². The van der Waals surface area contributed by atoms with Crippen molar-refractivity contribution in [1.82, 2.24) is 5.32 Å². The van der Waals surface area contributed by atoms with Gasteiger partial charge in [0, 0.05) is 30.0 Å². The molecule has 0 bridgehead atoms. The van der Waals surface area contributed by atoms with Crippen LogP contribution in [0.3, 0.4) is 0 Å². The zero-order valence-corrected chi connectivity index (χ0v) is 12.6. The molecule has 0 aliphatic carbocycles. The summed E-state index contributed by atoms with van der Waals surface area (Å²) >= 11 is 3.65. The van der Waals surface area contributed by atoms with Crippen molar-refractivity contribution in [2.45, 2.75) is 26.0 Å². The third-order valence-electron chi connectivity index (χ3n) is 3.64. The highest BCUT2D eigenvalue weighted by Gasteiger charge is 2.26. The Labute approximate surface area is 117 Å². The number of hydrogen-bond donors (Lipinski definition) is 2. The van der Waals surface area contributed by atoms with Gasteiger partial charge >= 0.3 is 0 Å². The maximum atomic E-state index is 9.65. The van der Waals surface area contributed by atoms with E-state index in [1.807, 2.05) is 14.0 Å². The van der Waals surface area contributed by atoms with Gasteiger partial charge in [0.2, 0.25) is 0 Å². The molecule has 1 aliphatic heterocycles. The van der Waals surface area contributed by atoms with E-state index in [9.17, 15) is 5.11 Å². The zero-order valence-electron chi connectivity index (χ0n) is 11.0. The molecule has 1 aliphatic rings. The summed E-state index contributed by atoms with van der Waals surface area (Å²) in [5.41, 5.74) is 2.51. The largest absolute Gasteiger partial charge is 0.393 e. The van der Waals surface area contributed by atoms with Gasteiger partial charge in [-0.1, -0.05) is 6.07 Å². The predicted molar refractivity (Wildman–Crippen MR) is 78.9 cm³/mol. The third-order valence-corrected chi connectivity index (χ3v) is 4.28. The van der Waals surface area contributed by atoms with Crippen molar-refractivity contribution in [1.29, 1.82) is 0 Å². The Bertz CT molecular complexity index is 409. The molecule has 1 aromatic rings. The molecule has 1 aromatic carbocycles. The molecule has 0 amide bonds. The first kappa shape index (κ1) is 13.8. The number of benzene rings is 1. The van der Waals surface area contributed by atoms with E-state index in [1.165, 1.54) is 11.3 Å². The second-order valence-corrected chi connectivity index (χ2v) is 5.91. The summed E-state index contributed by atoms with van der Waals surface area (Å²) in [6.07, 6.45) is 0.861. The van der Waals surface area contributed by atoms with Crippen molar-refractivity contribution in [3.63, 3.8) is 0 Å². The van der Waals surface area contributed by atoms with E-state index in [0.717, 1.165) is 30.5 Å². The number of aliphatic hydroxyl groups excluding tert-OH is 1. The molecule has 2 unspecified atom stereocenters. The van der Waals surface area contributed by atoms with E-state index in [1.54, 1.807) is 0 Å². The zero-order chi connectivity index (χ0) is 13.1. The van der Waals surface area contributed by atoms with Crippen LogP contribution in [-0.4, -0.2) is 31.3 Å². The Hall–Kier alpha value is -0.580. The van der Waals surface area contributed by atoms with Gasteiger partial charge in [0.25, 0.3) is 0 Å². The molecule has 1 heterocycles.